The van der Waals surface area contributed by atoms with Crippen molar-refractivity contribution >= 4 is 5.91 Å². The van der Waals surface area contributed by atoms with Crippen LogP contribution in [-0.2, 0) is 16.1 Å². The lowest BCUT2D eigenvalue weighted by Crippen LogP contribution is -2.48. The Balaban J connectivity index is 1.56. The molecule has 1 atom stereocenters. The van der Waals surface area contributed by atoms with Crippen LogP contribution in [0.1, 0.15) is 5.69 Å². The first-order chi connectivity index (χ1) is 10.7. The Morgan fingerprint density at radius 2 is 2.23 bits per heavy atom. The summed E-state index contributed by atoms with van der Waals surface area (Å²) in [6.07, 6.45) is 1.40. The number of nitrogens with one attached hydrogen (secondary N) is 1. The summed E-state index contributed by atoms with van der Waals surface area (Å²) < 4.78 is 7.17. The van der Waals surface area contributed by atoms with Crippen molar-refractivity contribution in [3.63, 3.8) is 0 Å². The van der Waals surface area contributed by atoms with Crippen LogP contribution >= 0.6 is 0 Å². The summed E-state index contributed by atoms with van der Waals surface area (Å²) >= 11 is 0. The molecule has 2 heterocycles. The third-order valence-corrected chi connectivity index (χ3v) is 3.57. The maximum absolute atomic E-state index is 12.1. The SMILES string of the molecule is CN1CCOC(C(=O)NCc2cn(-c3ccccc3)nn2)C1. The van der Waals surface area contributed by atoms with Gasteiger partial charge in [0.15, 0.2) is 0 Å². The van der Waals surface area contributed by atoms with Crippen LogP contribution in [0.4, 0.5) is 0 Å². The molecule has 116 valence electrons. The van der Waals surface area contributed by atoms with Crippen molar-refractivity contribution in [3.05, 3.63) is 42.2 Å². The number of amides is 1. The van der Waals surface area contributed by atoms with Gasteiger partial charge in [-0.05, 0) is 19.2 Å². The fourth-order valence-corrected chi connectivity index (χ4v) is 2.31. The Bertz CT molecular complexity index is 628. The largest absolute Gasteiger partial charge is 0.366 e. The second-order valence-corrected chi connectivity index (χ2v) is 5.33. The molecule has 3 rings (SSSR count). The average Bonchev–Trinajstić information content (AvgIpc) is 3.02. The molecule has 0 radical (unpaired) electrons. The second-order valence-electron chi connectivity index (χ2n) is 5.33. The van der Waals surface area contributed by atoms with Gasteiger partial charge in [0.2, 0.25) is 0 Å². The summed E-state index contributed by atoms with van der Waals surface area (Å²) in [5, 5.41) is 11.0. The summed E-state index contributed by atoms with van der Waals surface area (Å²) in [5.74, 6) is -0.110. The molecule has 0 aliphatic carbocycles. The number of rotatable bonds is 4. The van der Waals surface area contributed by atoms with Crippen LogP contribution in [0.15, 0.2) is 36.5 Å². The Morgan fingerprint density at radius 3 is 3.00 bits per heavy atom. The van der Waals surface area contributed by atoms with Gasteiger partial charge in [0.05, 0.1) is 25.0 Å². The van der Waals surface area contributed by atoms with E-state index >= 15 is 0 Å². The lowest BCUT2D eigenvalue weighted by molar-refractivity contribution is -0.138. The number of likely N-dealkylation sites (N-methyl/N-ethyl adjacent to an activating group) is 1. The minimum atomic E-state index is -0.414. The van der Waals surface area contributed by atoms with Crippen LogP contribution in [0.3, 0.4) is 0 Å². The van der Waals surface area contributed by atoms with Crippen molar-refractivity contribution in [2.45, 2.75) is 12.6 Å². The molecule has 1 aromatic heterocycles. The normalized spacial score (nSPS) is 19.0. The molecule has 0 bridgehead atoms. The van der Waals surface area contributed by atoms with Gasteiger partial charge in [-0.2, -0.15) is 0 Å². The standard InChI is InChI=1S/C15H19N5O2/c1-19-7-8-22-14(11-19)15(21)16-9-12-10-20(18-17-12)13-5-3-2-4-6-13/h2-6,10,14H,7-9,11H2,1H3,(H,16,21). The van der Waals surface area contributed by atoms with Gasteiger partial charge in [-0.3, -0.25) is 4.79 Å². The number of ether oxygens (including phenoxy) is 1. The molecule has 2 aromatic rings. The minimum absolute atomic E-state index is 0.110. The van der Waals surface area contributed by atoms with E-state index in [1.54, 1.807) is 4.68 Å². The zero-order valence-electron chi connectivity index (χ0n) is 12.5. The van der Waals surface area contributed by atoms with E-state index in [1.807, 2.05) is 43.6 Å². The molecule has 1 saturated heterocycles. The number of aromatic nitrogens is 3. The zero-order chi connectivity index (χ0) is 15.4. The molecule has 0 saturated carbocycles. The van der Waals surface area contributed by atoms with E-state index in [4.69, 9.17) is 4.74 Å². The summed E-state index contributed by atoms with van der Waals surface area (Å²) in [6.45, 7) is 2.39. The maximum Gasteiger partial charge on any atom is 0.250 e. The van der Waals surface area contributed by atoms with Crippen molar-refractivity contribution in [2.24, 2.45) is 0 Å². The molecule has 1 N–H and O–H groups in total. The highest BCUT2D eigenvalue weighted by atomic mass is 16.5. The first-order valence-electron chi connectivity index (χ1n) is 7.27. The van der Waals surface area contributed by atoms with E-state index < -0.39 is 6.10 Å². The highest BCUT2D eigenvalue weighted by Gasteiger charge is 2.24. The fourth-order valence-electron chi connectivity index (χ4n) is 2.31. The smallest absolute Gasteiger partial charge is 0.250 e. The first kappa shape index (κ1) is 14.7. The summed E-state index contributed by atoms with van der Waals surface area (Å²) in [7, 11) is 1.98. The van der Waals surface area contributed by atoms with Crippen molar-refractivity contribution in [3.8, 4) is 5.69 Å². The third-order valence-electron chi connectivity index (χ3n) is 3.57. The van der Waals surface area contributed by atoms with Crippen molar-refractivity contribution in [1.82, 2.24) is 25.2 Å². The minimum Gasteiger partial charge on any atom is -0.366 e. The predicted octanol–water partition coefficient (Wildman–Crippen LogP) is 0.214. The van der Waals surface area contributed by atoms with Crippen molar-refractivity contribution < 1.29 is 9.53 Å². The zero-order valence-corrected chi connectivity index (χ0v) is 12.5. The van der Waals surface area contributed by atoms with E-state index in [1.165, 1.54) is 0 Å². The summed E-state index contributed by atoms with van der Waals surface area (Å²) in [6, 6.07) is 9.72. The highest BCUT2D eigenvalue weighted by molar-refractivity contribution is 5.81. The molecule has 1 aromatic carbocycles. The maximum atomic E-state index is 12.1. The molecule has 1 fully saturated rings. The van der Waals surface area contributed by atoms with Crippen molar-refractivity contribution in [2.75, 3.05) is 26.7 Å². The van der Waals surface area contributed by atoms with E-state index in [0.717, 1.165) is 12.2 Å². The van der Waals surface area contributed by atoms with Gasteiger partial charge < -0.3 is 15.0 Å². The third kappa shape index (κ3) is 3.49. The number of nitrogens with zero attached hydrogens (tertiary/aromatic N) is 4. The van der Waals surface area contributed by atoms with Crippen LogP contribution in [-0.4, -0.2) is 58.6 Å². The molecule has 1 aliphatic heterocycles. The molecule has 0 spiro atoms. The molecule has 7 nitrogen and oxygen atoms in total. The Kier molecular flexibility index (Phi) is 4.45. The summed E-state index contributed by atoms with van der Waals surface area (Å²) in [5.41, 5.74) is 1.64. The number of hydrogen-bond acceptors (Lipinski definition) is 5. The molecular formula is C15H19N5O2. The van der Waals surface area contributed by atoms with Crippen molar-refractivity contribution in [1.29, 1.82) is 0 Å². The van der Waals surface area contributed by atoms with Crippen LogP contribution < -0.4 is 5.32 Å². The quantitative estimate of drug-likeness (QED) is 0.874. The number of para-hydroxylation sites is 1. The lowest BCUT2D eigenvalue weighted by Gasteiger charge is -2.28. The monoisotopic (exact) mass is 301 g/mol. The van der Waals surface area contributed by atoms with Crippen LogP contribution in [0, 0.1) is 0 Å². The molecule has 1 unspecified atom stereocenters. The van der Waals surface area contributed by atoms with Gasteiger partial charge >= 0.3 is 0 Å². The first-order valence-corrected chi connectivity index (χ1v) is 7.27. The highest BCUT2D eigenvalue weighted by Crippen LogP contribution is 2.06. The van der Waals surface area contributed by atoms with Gasteiger partial charge in [0.1, 0.15) is 11.8 Å². The van der Waals surface area contributed by atoms with Crippen LogP contribution in [0.25, 0.3) is 5.69 Å². The number of carbonyl (C=O) groups excluding carboxylic acids is 1. The van der Waals surface area contributed by atoms with Gasteiger partial charge in [0, 0.05) is 13.1 Å². The molecule has 1 amide bonds. The second kappa shape index (κ2) is 6.67. The van der Waals surface area contributed by atoms with Crippen LogP contribution in [0.2, 0.25) is 0 Å². The average molecular weight is 301 g/mol. The van der Waals surface area contributed by atoms with E-state index in [9.17, 15) is 4.79 Å². The van der Waals surface area contributed by atoms with E-state index in [-0.39, 0.29) is 5.91 Å². The fraction of sp³-hybridized carbons (Fsp3) is 0.400. The summed E-state index contributed by atoms with van der Waals surface area (Å²) in [4.78, 5) is 14.2. The molecular weight excluding hydrogens is 282 g/mol. The van der Waals surface area contributed by atoms with Gasteiger partial charge in [-0.15, -0.1) is 5.10 Å². The lowest BCUT2D eigenvalue weighted by atomic mass is 10.2. The van der Waals surface area contributed by atoms with Gasteiger partial charge in [-0.25, -0.2) is 4.68 Å². The molecule has 1 aliphatic rings. The number of carbonyl (C=O) groups is 1. The van der Waals surface area contributed by atoms with E-state index in [0.29, 0.717) is 25.4 Å². The topological polar surface area (TPSA) is 72.3 Å². The molecule has 22 heavy (non-hydrogen) atoms. The Labute approximate surface area is 128 Å². The molecule has 7 heteroatoms. The van der Waals surface area contributed by atoms with Gasteiger partial charge in [0.25, 0.3) is 5.91 Å². The Morgan fingerprint density at radius 1 is 1.41 bits per heavy atom. The van der Waals surface area contributed by atoms with Gasteiger partial charge in [-0.1, -0.05) is 23.4 Å². The Hall–Kier alpha value is -2.25. The number of hydrogen-bond donors (Lipinski definition) is 1. The van der Waals surface area contributed by atoms with Crippen LogP contribution in [0.5, 0.6) is 0 Å². The predicted molar refractivity (Wildman–Crippen MR) is 80.4 cm³/mol. The number of benzene rings is 1. The number of morpholine rings is 1. The van der Waals surface area contributed by atoms with E-state index in [2.05, 4.69) is 20.5 Å².